The summed E-state index contributed by atoms with van der Waals surface area (Å²) in [5, 5.41) is 12.5. The van der Waals surface area contributed by atoms with Crippen LogP contribution in [0.1, 0.15) is 15.9 Å². The van der Waals surface area contributed by atoms with Crippen LogP contribution in [0.3, 0.4) is 0 Å². The van der Waals surface area contributed by atoms with Crippen molar-refractivity contribution in [2.75, 3.05) is 16.3 Å². The zero-order valence-electron chi connectivity index (χ0n) is 19.4. The molecule has 4 aromatic rings. The molecule has 0 bridgehead atoms. The summed E-state index contributed by atoms with van der Waals surface area (Å²) in [6.07, 6.45) is -3.56. The van der Waals surface area contributed by atoms with Crippen LogP contribution in [-0.2, 0) is 16.2 Å². The average Bonchev–Trinajstić information content (AvgIpc) is 2.85. The normalized spacial score (nSPS) is 11.7. The van der Waals surface area contributed by atoms with Crippen LogP contribution in [0.2, 0.25) is 0 Å². The van der Waals surface area contributed by atoms with Crippen molar-refractivity contribution in [3.63, 3.8) is 0 Å². The summed E-state index contributed by atoms with van der Waals surface area (Å²) in [4.78, 5) is 12.7. The molecule has 0 radical (unpaired) electrons. The van der Waals surface area contributed by atoms with Crippen LogP contribution in [0.5, 0.6) is 5.75 Å². The predicted octanol–water partition coefficient (Wildman–Crippen LogP) is 6.37. The van der Waals surface area contributed by atoms with Gasteiger partial charge in [-0.05, 0) is 64.7 Å². The van der Waals surface area contributed by atoms with E-state index in [1.807, 2.05) is 0 Å². The van der Waals surface area contributed by atoms with Crippen LogP contribution in [0.4, 0.5) is 24.5 Å². The molecule has 0 saturated heterocycles. The molecule has 0 aliphatic carbocycles. The van der Waals surface area contributed by atoms with Gasteiger partial charge in [0, 0.05) is 11.3 Å². The van der Waals surface area contributed by atoms with Crippen LogP contribution >= 0.6 is 0 Å². The van der Waals surface area contributed by atoms with Gasteiger partial charge in [0.15, 0.2) is 0 Å². The summed E-state index contributed by atoms with van der Waals surface area (Å²) in [7, 11) is -3.65. The number of sulfonamides is 1. The Balaban J connectivity index is 1.62. The van der Waals surface area contributed by atoms with E-state index in [4.69, 9.17) is 0 Å². The van der Waals surface area contributed by atoms with Crippen molar-refractivity contribution < 1.29 is 31.5 Å². The van der Waals surface area contributed by atoms with Gasteiger partial charge in [-0.3, -0.25) is 9.52 Å². The molecule has 0 unspecified atom stereocenters. The molecule has 0 aliphatic rings. The summed E-state index contributed by atoms with van der Waals surface area (Å²) in [6, 6.07) is 22.5. The van der Waals surface area contributed by atoms with Crippen LogP contribution in [0.15, 0.2) is 91.0 Å². The molecular weight excluding hydrogens is 505 g/mol. The smallest absolute Gasteiger partial charge is 0.416 e. The minimum absolute atomic E-state index is 0.0913. The monoisotopic (exact) mass is 526 g/mol. The molecule has 6 nitrogen and oxygen atoms in total. The van der Waals surface area contributed by atoms with Gasteiger partial charge in [-0.2, -0.15) is 13.2 Å². The first-order chi connectivity index (χ1) is 17.4. The number of amides is 1. The lowest BCUT2D eigenvalue weighted by Crippen LogP contribution is -2.13. The Morgan fingerprint density at radius 1 is 0.811 bits per heavy atom. The number of nitrogens with one attached hydrogen (secondary N) is 2. The number of hydrogen-bond acceptors (Lipinski definition) is 4. The Bertz CT molecular complexity index is 1550. The lowest BCUT2D eigenvalue weighted by Gasteiger charge is -2.15. The van der Waals surface area contributed by atoms with Gasteiger partial charge in [0.25, 0.3) is 5.91 Å². The van der Waals surface area contributed by atoms with E-state index in [0.29, 0.717) is 22.3 Å². The Kier molecular flexibility index (Phi) is 6.95. The van der Waals surface area contributed by atoms with Crippen molar-refractivity contribution in [2.24, 2.45) is 0 Å². The predicted molar refractivity (Wildman–Crippen MR) is 137 cm³/mol. The van der Waals surface area contributed by atoms with E-state index in [9.17, 15) is 31.5 Å². The fourth-order valence-corrected chi connectivity index (χ4v) is 4.29. The quantitative estimate of drug-likeness (QED) is 0.201. The number of halogens is 3. The highest BCUT2D eigenvalue weighted by molar-refractivity contribution is 7.92. The second-order valence-corrected chi connectivity index (χ2v) is 10.0. The second kappa shape index (κ2) is 9.98. The molecule has 0 fully saturated rings. The number of carbonyl (C=O) groups is 1. The van der Waals surface area contributed by atoms with Crippen LogP contribution in [0, 0.1) is 0 Å². The number of rotatable bonds is 6. The molecule has 0 saturated carbocycles. The van der Waals surface area contributed by atoms with Gasteiger partial charge in [-0.25, -0.2) is 8.42 Å². The lowest BCUT2D eigenvalue weighted by molar-refractivity contribution is -0.137. The molecule has 0 aliphatic heterocycles. The molecule has 190 valence electrons. The maximum atomic E-state index is 13.4. The highest BCUT2D eigenvalue weighted by atomic mass is 32.2. The van der Waals surface area contributed by atoms with Gasteiger partial charge in [0.1, 0.15) is 5.75 Å². The number of benzene rings is 4. The van der Waals surface area contributed by atoms with E-state index in [1.165, 1.54) is 36.4 Å². The van der Waals surface area contributed by atoms with Crippen molar-refractivity contribution in [1.29, 1.82) is 0 Å². The van der Waals surface area contributed by atoms with Crippen molar-refractivity contribution in [3.05, 3.63) is 102 Å². The van der Waals surface area contributed by atoms with Crippen LogP contribution in [-0.4, -0.2) is 25.7 Å². The molecule has 0 heterocycles. The minimum Gasteiger partial charge on any atom is -0.506 e. The number of aromatic hydroxyl groups is 1. The maximum absolute atomic E-state index is 13.4. The van der Waals surface area contributed by atoms with Crippen molar-refractivity contribution >= 4 is 27.3 Å². The van der Waals surface area contributed by atoms with Crippen molar-refractivity contribution in [2.45, 2.75) is 6.18 Å². The number of phenols is 1. The van der Waals surface area contributed by atoms with Gasteiger partial charge >= 0.3 is 6.18 Å². The first kappa shape index (κ1) is 25.8. The Labute approximate surface area is 211 Å². The zero-order valence-corrected chi connectivity index (χ0v) is 20.2. The summed E-state index contributed by atoms with van der Waals surface area (Å²) in [5.41, 5.74) is 1.87. The fraction of sp³-hybridized carbons (Fsp3) is 0.0741. The maximum Gasteiger partial charge on any atom is 0.416 e. The van der Waals surface area contributed by atoms with Crippen molar-refractivity contribution in [1.82, 2.24) is 0 Å². The molecule has 0 spiro atoms. The average molecular weight is 527 g/mol. The van der Waals surface area contributed by atoms with E-state index < -0.39 is 27.7 Å². The Hall–Kier alpha value is -4.31. The lowest BCUT2D eigenvalue weighted by atomic mass is 9.92. The molecule has 0 aromatic heterocycles. The molecule has 10 heteroatoms. The van der Waals surface area contributed by atoms with Gasteiger partial charge in [-0.15, -0.1) is 0 Å². The van der Waals surface area contributed by atoms with Crippen LogP contribution < -0.4 is 10.0 Å². The van der Waals surface area contributed by atoms with Crippen molar-refractivity contribution in [3.8, 4) is 28.0 Å². The third kappa shape index (κ3) is 6.28. The molecule has 0 atom stereocenters. The molecule has 37 heavy (non-hydrogen) atoms. The third-order valence-corrected chi connectivity index (χ3v) is 6.03. The summed E-state index contributed by atoms with van der Waals surface area (Å²) in [5.74, 6) is -0.809. The van der Waals surface area contributed by atoms with E-state index in [-0.39, 0.29) is 22.7 Å². The SMILES string of the molecule is CS(=O)(=O)Nc1cc(NC(=O)c2ccc(-c3ccc(C(F)(F)F)cc3-c3ccccc3)cc2)ccc1O. The van der Waals surface area contributed by atoms with Gasteiger partial charge in [-0.1, -0.05) is 48.5 Å². The minimum atomic E-state index is -4.49. The molecule has 1 amide bonds. The number of alkyl halides is 3. The second-order valence-electron chi connectivity index (χ2n) is 8.26. The highest BCUT2D eigenvalue weighted by Gasteiger charge is 2.31. The topological polar surface area (TPSA) is 95.5 Å². The highest BCUT2D eigenvalue weighted by Crippen LogP contribution is 2.38. The number of anilines is 2. The molecule has 3 N–H and O–H groups in total. The van der Waals surface area contributed by atoms with E-state index >= 15 is 0 Å². The first-order valence-corrected chi connectivity index (χ1v) is 12.8. The van der Waals surface area contributed by atoms with E-state index in [2.05, 4.69) is 10.0 Å². The molecular formula is C27H21F3N2O4S. The standard InChI is InChI=1S/C27H21F3N2O4S/c1-37(35,36)32-24-16-21(12-14-25(24)33)31-26(34)19-9-7-18(8-10-19)22-13-11-20(27(28,29)30)15-23(22)17-5-3-2-4-6-17/h2-16,32-33H,1H3,(H,31,34). The summed E-state index contributed by atoms with van der Waals surface area (Å²) >= 11 is 0. The fourth-order valence-electron chi connectivity index (χ4n) is 3.73. The molecule has 4 aromatic carbocycles. The number of carbonyl (C=O) groups excluding carboxylic acids is 1. The summed E-state index contributed by atoms with van der Waals surface area (Å²) < 4.78 is 65.2. The Morgan fingerprint density at radius 2 is 1.46 bits per heavy atom. The van der Waals surface area contributed by atoms with Gasteiger partial charge < -0.3 is 10.4 Å². The zero-order chi connectivity index (χ0) is 26.8. The van der Waals surface area contributed by atoms with Crippen LogP contribution in [0.25, 0.3) is 22.3 Å². The van der Waals surface area contributed by atoms with E-state index in [0.717, 1.165) is 18.4 Å². The largest absolute Gasteiger partial charge is 0.506 e. The number of hydrogen-bond donors (Lipinski definition) is 3. The first-order valence-electron chi connectivity index (χ1n) is 10.9. The summed E-state index contributed by atoms with van der Waals surface area (Å²) in [6.45, 7) is 0. The van der Waals surface area contributed by atoms with Gasteiger partial charge in [0.2, 0.25) is 10.0 Å². The Morgan fingerprint density at radius 3 is 2.08 bits per heavy atom. The van der Waals surface area contributed by atoms with E-state index in [1.54, 1.807) is 42.5 Å². The molecule has 4 rings (SSSR count). The number of phenolic OH excluding ortho intramolecular Hbond substituents is 1. The third-order valence-electron chi connectivity index (χ3n) is 5.44. The van der Waals surface area contributed by atoms with Gasteiger partial charge in [0.05, 0.1) is 17.5 Å².